The van der Waals surface area contributed by atoms with E-state index in [4.69, 9.17) is 5.26 Å². The molecule has 0 atom stereocenters. The molecule has 1 fully saturated rings. The highest BCUT2D eigenvalue weighted by Gasteiger charge is 2.37. The molecule has 2 aliphatic heterocycles. The summed E-state index contributed by atoms with van der Waals surface area (Å²) < 4.78 is 24.9. The van der Waals surface area contributed by atoms with Gasteiger partial charge in [-0.25, -0.2) is 13.4 Å². The van der Waals surface area contributed by atoms with Crippen LogP contribution in [0, 0.1) is 17.2 Å². The summed E-state index contributed by atoms with van der Waals surface area (Å²) in [5, 5.41) is 12.3. The molecule has 7 heteroatoms. The van der Waals surface area contributed by atoms with Crippen LogP contribution < -0.4 is 0 Å². The Morgan fingerprint density at radius 1 is 1.47 bits per heavy atom. The first-order valence-corrected chi connectivity index (χ1v) is 7.27. The first-order chi connectivity index (χ1) is 8.08. The molecule has 94 valence electrons. The number of nitrogens with zero attached hydrogens (tertiary/aromatic N) is 4. The van der Waals surface area contributed by atoms with E-state index in [1.807, 2.05) is 11.1 Å². The fraction of sp³-hybridized carbons (Fsp3) is 0.700. The lowest BCUT2D eigenvalue weighted by atomic mass is 9.99. The average Bonchev–Trinajstić information content (AvgIpc) is 2.72. The van der Waals surface area contributed by atoms with Crippen molar-refractivity contribution in [3.8, 4) is 6.07 Å². The van der Waals surface area contributed by atoms with Gasteiger partial charge in [0.1, 0.15) is 0 Å². The molecule has 0 amide bonds. The molecule has 1 saturated heterocycles. The molecule has 0 aliphatic carbocycles. The van der Waals surface area contributed by atoms with Gasteiger partial charge in [0.25, 0.3) is 0 Å². The molecular formula is C10H16N4O2S. The number of nitriles is 1. The van der Waals surface area contributed by atoms with E-state index in [2.05, 4.69) is 6.07 Å². The molecule has 0 N–H and O–H groups in total. The number of hydrogen-bond donors (Lipinski definition) is 0. The molecule has 17 heavy (non-hydrogen) atoms. The van der Waals surface area contributed by atoms with Crippen LogP contribution in [0.2, 0.25) is 0 Å². The molecule has 0 saturated carbocycles. The Morgan fingerprint density at radius 2 is 2.18 bits per heavy atom. The molecule has 0 bridgehead atoms. The van der Waals surface area contributed by atoms with Crippen molar-refractivity contribution in [2.24, 2.45) is 5.92 Å². The highest BCUT2D eigenvalue weighted by Crippen LogP contribution is 2.25. The summed E-state index contributed by atoms with van der Waals surface area (Å²) in [6, 6.07) is 2.14. The van der Waals surface area contributed by atoms with Crippen LogP contribution in [0.25, 0.3) is 0 Å². The molecule has 2 heterocycles. The zero-order chi connectivity index (χ0) is 12.5. The fourth-order valence-corrected chi connectivity index (χ4v) is 2.98. The zero-order valence-electron chi connectivity index (χ0n) is 9.78. The zero-order valence-corrected chi connectivity index (χ0v) is 10.6. The highest BCUT2D eigenvalue weighted by atomic mass is 32.2. The third-order valence-electron chi connectivity index (χ3n) is 3.02. The highest BCUT2D eigenvalue weighted by molar-refractivity contribution is 7.89. The van der Waals surface area contributed by atoms with Crippen molar-refractivity contribution in [1.29, 1.82) is 5.26 Å². The van der Waals surface area contributed by atoms with Crippen LogP contribution in [-0.4, -0.2) is 48.3 Å². The van der Waals surface area contributed by atoms with Crippen LogP contribution in [-0.2, 0) is 10.0 Å². The van der Waals surface area contributed by atoms with Crippen LogP contribution in [0.1, 0.15) is 13.3 Å². The Hall–Kier alpha value is -1.10. The average molecular weight is 256 g/mol. The first-order valence-electron chi connectivity index (χ1n) is 5.66. The minimum Gasteiger partial charge on any atom is -0.222 e. The van der Waals surface area contributed by atoms with Crippen LogP contribution in [0.15, 0.2) is 12.3 Å². The molecule has 0 aromatic rings. The van der Waals surface area contributed by atoms with E-state index >= 15 is 0 Å². The van der Waals surface area contributed by atoms with Gasteiger partial charge < -0.3 is 0 Å². The monoisotopic (exact) mass is 256 g/mol. The second-order valence-electron chi connectivity index (χ2n) is 4.21. The smallest absolute Gasteiger partial charge is 0.222 e. The summed E-state index contributed by atoms with van der Waals surface area (Å²) in [5.41, 5.74) is 0. The van der Waals surface area contributed by atoms with Gasteiger partial charge in [0.2, 0.25) is 10.0 Å². The Kier molecular flexibility index (Phi) is 3.38. The molecule has 2 aliphatic rings. The van der Waals surface area contributed by atoms with Gasteiger partial charge in [-0.3, -0.25) is 0 Å². The van der Waals surface area contributed by atoms with Crippen molar-refractivity contribution in [2.75, 3.05) is 25.4 Å². The van der Waals surface area contributed by atoms with Gasteiger partial charge in [-0.2, -0.15) is 9.68 Å². The topological polar surface area (TPSA) is 67.7 Å². The van der Waals surface area contributed by atoms with Crippen LogP contribution >= 0.6 is 0 Å². The van der Waals surface area contributed by atoms with Crippen molar-refractivity contribution in [1.82, 2.24) is 14.5 Å². The molecule has 0 spiro atoms. The van der Waals surface area contributed by atoms with Crippen molar-refractivity contribution < 1.29 is 8.42 Å². The lowest BCUT2D eigenvalue weighted by Gasteiger charge is -2.46. The Morgan fingerprint density at radius 3 is 2.76 bits per heavy atom. The van der Waals surface area contributed by atoms with Gasteiger partial charge in [-0.15, -0.1) is 5.12 Å². The molecule has 6 nitrogen and oxygen atoms in total. The van der Waals surface area contributed by atoms with E-state index < -0.39 is 10.0 Å². The molecule has 0 aromatic carbocycles. The molecule has 0 unspecified atom stereocenters. The van der Waals surface area contributed by atoms with Crippen LogP contribution in [0.4, 0.5) is 0 Å². The predicted octanol–water partition coefficient (Wildman–Crippen LogP) is 0.143. The van der Waals surface area contributed by atoms with E-state index in [0.29, 0.717) is 18.9 Å². The maximum Gasteiger partial charge on any atom is 0.249 e. The maximum atomic E-state index is 11.8. The number of rotatable bonds is 4. The van der Waals surface area contributed by atoms with E-state index in [1.165, 1.54) is 4.41 Å². The van der Waals surface area contributed by atoms with Crippen molar-refractivity contribution in [3.63, 3.8) is 0 Å². The minimum atomic E-state index is -3.23. The van der Waals surface area contributed by atoms with Crippen LogP contribution in [0.5, 0.6) is 0 Å². The van der Waals surface area contributed by atoms with E-state index in [-0.39, 0.29) is 5.75 Å². The van der Waals surface area contributed by atoms with Crippen molar-refractivity contribution in [2.45, 2.75) is 13.3 Å². The van der Waals surface area contributed by atoms with Gasteiger partial charge in [-0.1, -0.05) is 0 Å². The molecule has 0 aromatic heterocycles. The maximum absolute atomic E-state index is 11.8. The van der Waals surface area contributed by atoms with E-state index in [1.54, 1.807) is 18.2 Å². The largest absolute Gasteiger partial charge is 0.249 e. The quantitative estimate of drug-likeness (QED) is 0.716. The second kappa shape index (κ2) is 4.64. The van der Waals surface area contributed by atoms with Gasteiger partial charge in [0.05, 0.1) is 18.4 Å². The number of hydrogen-bond acceptors (Lipinski definition) is 5. The summed E-state index contributed by atoms with van der Waals surface area (Å²) in [5.74, 6) is 0.454. The fourth-order valence-electron chi connectivity index (χ4n) is 1.99. The van der Waals surface area contributed by atoms with Crippen LogP contribution in [0.3, 0.4) is 0 Å². The summed E-state index contributed by atoms with van der Waals surface area (Å²) in [7, 11) is -3.23. The summed E-state index contributed by atoms with van der Waals surface area (Å²) >= 11 is 0. The Bertz CT molecular complexity index is 447. The van der Waals surface area contributed by atoms with Crippen molar-refractivity contribution >= 4 is 10.0 Å². The Balaban J connectivity index is 1.98. The third kappa shape index (κ3) is 2.29. The van der Waals surface area contributed by atoms with E-state index in [9.17, 15) is 8.42 Å². The van der Waals surface area contributed by atoms with Gasteiger partial charge >= 0.3 is 0 Å². The number of hydrazine groups is 2. The Labute approximate surface area is 102 Å². The summed E-state index contributed by atoms with van der Waals surface area (Å²) in [6.07, 6.45) is 3.96. The molecule has 2 rings (SSSR count). The predicted molar refractivity (Wildman–Crippen MR) is 62.4 cm³/mol. The van der Waals surface area contributed by atoms with E-state index in [0.717, 1.165) is 13.1 Å². The second-order valence-corrected chi connectivity index (χ2v) is 6.33. The summed E-state index contributed by atoms with van der Waals surface area (Å²) in [4.78, 5) is 0. The van der Waals surface area contributed by atoms with Gasteiger partial charge in [-0.05, 0) is 13.0 Å². The summed E-state index contributed by atoms with van der Waals surface area (Å²) in [6.45, 7) is 3.72. The van der Waals surface area contributed by atoms with Crippen molar-refractivity contribution in [3.05, 3.63) is 12.3 Å². The normalized spacial score (nSPS) is 22.7. The SMILES string of the molecule is CCS(=O)(=O)N1C=CCN1N1CC(CC#N)C1. The molecular weight excluding hydrogens is 240 g/mol. The minimum absolute atomic E-state index is 0.0866. The third-order valence-corrected chi connectivity index (χ3v) is 4.63. The first kappa shape index (κ1) is 12.4. The standard InChI is InChI=1S/C10H16N4O2S/c1-2-17(15,16)14-7-3-6-13(14)12-8-10(9-12)4-5-11/h3,7,10H,2,4,6,8-9H2,1H3. The lowest BCUT2D eigenvalue weighted by molar-refractivity contribution is -0.160. The van der Waals surface area contributed by atoms with Gasteiger partial charge in [0.15, 0.2) is 0 Å². The number of sulfonamides is 1. The lowest BCUT2D eigenvalue weighted by Crippen LogP contribution is -2.60. The van der Waals surface area contributed by atoms with Gasteiger partial charge in [0, 0.05) is 31.6 Å². The molecule has 0 radical (unpaired) electrons.